The Morgan fingerprint density at radius 2 is 1.96 bits per heavy atom. The summed E-state index contributed by atoms with van der Waals surface area (Å²) in [5.41, 5.74) is 0.231. The molecule has 1 aliphatic heterocycles. The summed E-state index contributed by atoms with van der Waals surface area (Å²) in [7, 11) is 0. The van der Waals surface area contributed by atoms with E-state index in [1.807, 2.05) is 5.32 Å². The third-order valence-electron chi connectivity index (χ3n) is 3.45. The van der Waals surface area contributed by atoms with E-state index < -0.39 is 30.6 Å². The van der Waals surface area contributed by atoms with Gasteiger partial charge in [0, 0.05) is 12.1 Å². The minimum absolute atomic E-state index is 0.190. The molecular formula is C14H13Cl2F3N2O2. The quantitative estimate of drug-likeness (QED) is 0.889. The number of hydrogen-bond donors (Lipinski definition) is 1. The van der Waals surface area contributed by atoms with Crippen LogP contribution in [0.4, 0.5) is 13.2 Å². The second kappa shape index (κ2) is 6.97. The number of amides is 2. The van der Waals surface area contributed by atoms with E-state index in [4.69, 9.17) is 23.2 Å². The van der Waals surface area contributed by atoms with Gasteiger partial charge in [0.1, 0.15) is 12.6 Å². The molecule has 1 heterocycles. The molecule has 1 atom stereocenters. The molecule has 1 saturated heterocycles. The van der Waals surface area contributed by atoms with Gasteiger partial charge in [-0.3, -0.25) is 9.59 Å². The Bertz CT molecular complexity index is 623. The van der Waals surface area contributed by atoms with Crippen molar-refractivity contribution in [3.8, 4) is 0 Å². The summed E-state index contributed by atoms with van der Waals surface area (Å²) in [5, 5.41) is 2.29. The van der Waals surface area contributed by atoms with E-state index in [1.165, 1.54) is 23.1 Å². The Morgan fingerprint density at radius 3 is 2.57 bits per heavy atom. The number of alkyl halides is 3. The Hall–Kier alpha value is -1.47. The van der Waals surface area contributed by atoms with E-state index in [9.17, 15) is 22.8 Å². The minimum Gasteiger partial charge on any atom is -0.345 e. The maximum atomic E-state index is 12.4. The third kappa shape index (κ3) is 4.51. The van der Waals surface area contributed by atoms with Crippen molar-refractivity contribution in [1.82, 2.24) is 10.2 Å². The van der Waals surface area contributed by atoms with Crippen LogP contribution in [0.25, 0.3) is 0 Å². The van der Waals surface area contributed by atoms with Crippen LogP contribution >= 0.6 is 23.2 Å². The highest BCUT2D eigenvalue weighted by Gasteiger charge is 2.36. The first-order valence-corrected chi connectivity index (χ1v) is 7.55. The highest BCUT2D eigenvalue weighted by molar-refractivity contribution is 6.42. The Kier molecular flexibility index (Phi) is 5.41. The predicted octanol–water partition coefficient (Wildman–Crippen LogP) is 3.28. The smallest absolute Gasteiger partial charge is 0.345 e. The van der Waals surface area contributed by atoms with Crippen molar-refractivity contribution < 1.29 is 22.8 Å². The molecular weight excluding hydrogens is 356 g/mol. The Morgan fingerprint density at radius 1 is 1.26 bits per heavy atom. The topological polar surface area (TPSA) is 49.4 Å². The lowest BCUT2D eigenvalue weighted by Gasteiger charge is -2.24. The lowest BCUT2D eigenvalue weighted by atomic mass is 10.1. The second-order valence-corrected chi connectivity index (χ2v) is 5.93. The van der Waals surface area contributed by atoms with Crippen LogP contribution in [0.1, 0.15) is 23.2 Å². The molecule has 23 heavy (non-hydrogen) atoms. The highest BCUT2D eigenvalue weighted by Crippen LogP contribution is 2.26. The second-order valence-electron chi connectivity index (χ2n) is 5.12. The van der Waals surface area contributed by atoms with Crippen LogP contribution in [-0.2, 0) is 4.79 Å². The van der Waals surface area contributed by atoms with Crippen molar-refractivity contribution in [3.63, 3.8) is 0 Å². The zero-order valence-electron chi connectivity index (χ0n) is 11.8. The van der Waals surface area contributed by atoms with Gasteiger partial charge in [0.2, 0.25) is 5.91 Å². The van der Waals surface area contributed by atoms with Crippen LogP contribution in [0, 0.1) is 0 Å². The number of rotatable bonds is 3. The monoisotopic (exact) mass is 368 g/mol. The van der Waals surface area contributed by atoms with Gasteiger partial charge >= 0.3 is 6.18 Å². The van der Waals surface area contributed by atoms with Crippen molar-refractivity contribution in [2.45, 2.75) is 25.1 Å². The molecule has 2 amide bonds. The molecule has 1 N–H and O–H groups in total. The normalized spacial score (nSPS) is 18.1. The first kappa shape index (κ1) is 17.9. The summed E-state index contributed by atoms with van der Waals surface area (Å²) in [6, 6.07) is 3.36. The summed E-state index contributed by atoms with van der Waals surface area (Å²) < 4.78 is 36.6. The van der Waals surface area contributed by atoms with Crippen molar-refractivity contribution in [3.05, 3.63) is 33.8 Å². The molecule has 1 aromatic rings. The molecule has 0 saturated carbocycles. The molecule has 1 aliphatic rings. The molecule has 126 valence electrons. The van der Waals surface area contributed by atoms with Crippen molar-refractivity contribution in [2.75, 3.05) is 13.1 Å². The molecule has 1 fully saturated rings. The average molecular weight is 369 g/mol. The molecule has 2 rings (SSSR count). The maximum absolute atomic E-state index is 12.4. The number of benzene rings is 1. The van der Waals surface area contributed by atoms with Gasteiger partial charge in [0.05, 0.1) is 10.0 Å². The Labute approximate surface area is 140 Å². The number of hydrogen-bond acceptors (Lipinski definition) is 2. The molecule has 0 spiro atoms. The number of carbonyl (C=O) groups is 2. The van der Waals surface area contributed by atoms with Crippen LogP contribution in [0.5, 0.6) is 0 Å². The fraction of sp³-hybridized carbons (Fsp3) is 0.429. The van der Waals surface area contributed by atoms with Gasteiger partial charge in [-0.2, -0.15) is 13.2 Å². The third-order valence-corrected chi connectivity index (χ3v) is 4.18. The SMILES string of the molecule is O=C(NCC(F)(F)F)[C@@H]1CCCN1C(=O)c1ccc(Cl)c(Cl)c1. The fourth-order valence-electron chi connectivity index (χ4n) is 2.38. The molecule has 0 bridgehead atoms. The van der Waals surface area contributed by atoms with Crippen LogP contribution in [-0.4, -0.2) is 42.0 Å². The lowest BCUT2D eigenvalue weighted by molar-refractivity contribution is -0.140. The lowest BCUT2D eigenvalue weighted by Crippen LogP contribution is -2.48. The van der Waals surface area contributed by atoms with E-state index in [0.717, 1.165) is 0 Å². The molecule has 0 radical (unpaired) electrons. The zero-order chi connectivity index (χ0) is 17.2. The van der Waals surface area contributed by atoms with E-state index in [-0.39, 0.29) is 15.6 Å². The van der Waals surface area contributed by atoms with Gasteiger partial charge in [0.15, 0.2) is 0 Å². The maximum Gasteiger partial charge on any atom is 0.405 e. The molecule has 0 aliphatic carbocycles. The zero-order valence-corrected chi connectivity index (χ0v) is 13.3. The van der Waals surface area contributed by atoms with Gasteiger partial charge in [-0.25, -0.2) is 0 Å². The number of carbonyl (C=O) groups excluding carboxylic acids is 2. The van der Waals surface area contributed by atoms with Crippen LogP contribution < -0.4 is 5.32 Å². The minimum atomic E-state index is -4.49. The van der Waals surface area contributed by atoms with Crippen molar-refractivity contribution >= 4 is 35.0 Å². The van der Waals surface area contributed by atoms with Gasteiger partial charge < -0.3 is 10.2 Å². The van der Waals surface area contributed by atoms with Gasteiger partial charge in [0.25, 0.3) is 5.91 Å². The van der Waals surface area contributed by atoms with Gasteiger partial charge in [-0.15, -0.1) is 0 Å². The van der Waals surface area contributed by atoms with Crippen LogP contribution in [0.3, 0.4) is 0 Å². The van der Waals surface area contributed by atoms with Gasteiger partial charge in [-0.05, 0) is 31.0 Å². The standard InChI is InChI=1S/C14H13Cl2F3N2O2/c15-9-4-3-8(6-10(9)16)13(23)21-5-1-2-11(21)12(22)20-7-14(17,18)19/h3-4,6,11H,1-2,5,7H2,(H,20,22)/t11-/m0/s1. The molecule has 0 aromatic heterocycles. The summed E-state index contributed by atoms with van der Waals surface area (Å²) >= 11 is 11.6. The van der Waals surface area contributed by atoms with Gasteiger partial charge in [-0.1, -0.05) is 23.2 Å². The van der Waals surface area contributed by atoms with Crippen molar-refractivity contribution in [2.24, 2.45) is 0 Å². The summed E-state index contributed by atoms with van der Waals surface area (Å²) in [6.07, 6.45) is -3.64. The van der Waals surface area contributed by atoms with Crippen LogP contribution in [0.2, 0.25) is 10.0 Å². The summed E-state index contributed by atoms with van der Waals surface area (Å²) in [4.78, 5) is 25.6. The largest absolute Gasteiger partial charge is 0.405 e. The molecule has 9 heteroatoms. The fourth-order valence-corrected chi connectivity index (χ4v) is 2.68. The summed E-state index contributed by atoms with van der Waals surface area (Å²) in [5.74, 6) is -1.28. The number of nitrogens with one attached hydrogen (secondary N) is 1. The van der Waals surface area contributed by atoms with Crippen LogP contribution in [0.15, 0.2) is 18.2 Å². The number of nitrogens with zero attached hydrogens (tertiary/aromatic N) is 1. The van der Waals surface area contributed by atoms with E-state index in [2.05, 4.69) is 0 Å². The Balaban J connectivity index is 2.09. The highest BCUT2D eigenvalue weighted by atomic mass is 35.5. The summed E-state index contributed by atoms with van der Waals surface area (Å²) in [6.45, 7) is -1.12. The van der Waals surface area contributed by atoms with E-state index >= 15 is 0 Å². The average Bonchev–Trinajstić information content (AvgIpc) is 2.95. The first-order valence-electron chi connectivity index (χ1n) is 6.79. The predicted molar refractivity (Wildman–Crippen MR) is 79.6 cm³/mol. The molecule has 0 unspecified atom stereocenters. The van der Waals surface area contributed by atoms with E-state index in [0.29, 0.717) is 19.4 Å². The first-order chi connectivity index (χ1) is 10.7. The van der Waals surface area contributed by atoms with Crippen molar-refractivity contribution in [1.29, 1.82) is 0 Å². The van der Waals surface area contributed by atoms with E-state index in [1.54, 1.807) is 0 Å². The molecule has 4 nitrogen and oxygen atoms in total. The molecule has 1 aromatic carbocycles. The number of likely N-dealkylation sites (tertiary alicyclic amines) is 1. The number of halogens is 5.